The Morgan fingerprint density at radius 3 is 2.76 bits per heavy atom. The van der Waals surface area contributed by atoms with E-state index in [1.54, 1.807) is 7.11 Å². The summed E-state index contributed by atoms with van der Waals surface area (Å²) in [4.78, 5) is 32.5. The molecular formula is C29H30N4O4. The molecule has 37 heavy (non-hydrogen) atoms. The molecule has 2 heterocycles. The van der Waals surface area contributed by atoms with Crippen LogP contribution in [0.4, 0.5) is 17.3 Å². The number of H-pyrrole nitrogens is 1. The molecule has 8 heteroatoms. The molecule has 4 aromatic rings. The molecule has 0 radical (unpaired) electrons. The Morgan fingerprint density at radius 2 is 1.97 bits per heavy atom. The summed E-state index contributed by atoms with van der Waals surface area (Å²) >= 11 is 0. The van der Waals surface area contributed by atoms with Crippen molar-refractivity contribution >= 4 is 40.2 Å². The molecule has 0 bridgehead atoms. The van der Waals surface area contributed by atoms with E-state index in [-0.39, 0.29) is 24.2 Å². The molecule has 190 valence electrons. The van der Waals surface area contributed by atoms with Crippen LogP contribution in [0.5, 0.6) is 5.75 Å². The van der Waals surface area contributed by atoms with Crippen molar-refractivity contribution in [3.8, 4) is 5.75 Å². The zero-order valence-electron chi connectivity index (χ0n) is 21.0. The predicted octanol–water partition coefficient (Wildman–Crippen LogP) is 5.62. The molecule has 8 nitrogen and oxygen atoms in total. The molecule has 3 aromatic carbocycles. The summed E-state index contributed by atoms with van der Waals surface area (Å²) < 4.78 is 10.7. The maximum absolute atomic E-state index is 12.8. The van der Waals surface area contributed by atoms with Crippen LogP contribution in [0.15, 0.2) is 60.7 Å². The van der Waals surface area contributed by atoms with Gasteiger partial charge in [0, 0.05) is 11.4 Å². The minimum atomic E-state index is -0.150. The first-order valence-corrected chi connectivity index (χ1v) is 12.4. The van der Waals surface area contributed by atoms with Crippen LogP contribution in [0.25, 0.3) is 11.0 Å². The second-order valence-electron chi connectivity index (χ2n) is 9.33. The molecule has 1 atom stereocenters. The number of rotatable bonds is 7. The first-order chi connectivity index (χ1) is 18.0. The molecule has 5 rings (SSSR count). The van der Waals surface area contributed by atoms with E-state index < -0.39 is 0 Å². The summed E-state index contributed by atoms with van der Waals surface area (Å²) in [5.74, 6) is 1.07. The van der Waals surface area contributed by atoms with Crippen LogP contribution in [-0.4, -0.2) is 35.6 Å². The molecule has 0 aliphatic carbocycles. The number of hydrogen-bond acceptors (Lipinski definition) is 6. The fourth-order valence-corrected chi connectivity index (χ4v) is 4.69. The van der Waals surface area contributed by atoms with Crippen LogP contribution >= 0.6 is 0 Å². The van der Waals surface area contributed by atoms with Crippen LogP contribution in [0, 0.1) is 6.92 Å². The van der Waals surface area contributed by atoms with Crippen molar-refractivity contribution in [1.29, 1.82) is 0 Å². The number of fused-ring (bicyclic) bond motifs is 1. The number of aromatic amines is 1. The standard InChI is InChI=1S/C29H30N4O4/c1-18-6-3-4-8-23(18)31-29-32-24-14-19(15-25(36-2)28(24)33-29)16-26(34)30-22-11-9-20(10-12-22)21-7-5-13-37-27(35)17-21/h3-4,6,8-12,14-15,21H,5,7,13,16-17H2,1-2H3,(H,30,34)(H2,31,32,33). The minimum Gasteiger partial charge on any atom is -0.494 e. The zero-order valence-corrected chi connectivity index (χ0v) is 21.0. The predicted molar refractivity (Wildman–Crippen MR) is 143 cm³/mol. The van der Waals surface area contributed by atoms with Gasteiger partial charge in [-0.25, -0.2) is 4.98 Å². The summed E-state index contributed by atoms with van der Waals surface area (Å²) in [6.45, 7) is 2.52. The maximum atomic E-state index is 12.8. The second-order valence-corrected chi connectivity index (χ2v) is 9.33. The Balaban J connectivity index is 1.27. The van der Waals surface area contributed by atoms with Gasteiger partial charge in [0.2, 0.25) is 11.9 Å². The summed E-state index contributed by atoms with van der Waals surface area (Å²) in [6, 6.07) is 19.4. The van der Waals surface area contributed by atoms with Gasteiger partial charge in [-0.15, -0.1) is 0 Å². The van der Waals surface area contributed by atoms with Crippen LogP contribution < -0.4 is 15.4 Å². The molecule has 1 amide bonds. The average molecular weight is 499 g/mol. The normalized spacial score (nSPS) is 15.6. The third-order valence-corrected chi connectivity index (χ3v) is 6.63. The van der Waals surface area contributed by atoms with Gasteiger partial charge in [0.1, 0.15) is 11.3 Å². The number of nitrogens with zero attached hydrogens (tertiary/aromatic N) is 1. The van der Waals surface area contributed by atoms with E-state index in [1.807, 2.05) is 67.6 Å². The third kappa shape index (κ3) is 5.74. The first-order valence-electron chi connectivity index (χ1n) is 12.4. The number of methoxy groups -OCH3 is 1. The van der Waals surface area contributed by atoms with Crippen LogP contribution in [-0.2, 0) is 20.7 Å². The number of para-hydroxylation sites is 1. The molecule has 0 saturated carbocycles. The van der Waals surface area contributed by atoms with Crippen molar-refractivity contribution in [3.63, 3.8) is 0 Å². The Labute approximate surface area is 215 Å². The fourth-order valence-electron chi connectivity index (χ4n) is 4.69. The van der Waals surface area contributed by atoms with Crippen LogP contribution in [0.3, 0.4) is 0 Å². The van der Waals surface area contributed by atoms with Crippen molar-refractivity contribution < 1.29 is 19.1 Å². The van der Waals surface area contributed by atoms with E-state index in [0.717, 1.165) is 40.7 Å². The van der Waals surface area contributed by atoms with E-state index in [2.05, 4.69) is 20.6 Å². The van der Waals surface area contributed by atoms with Crippen molar-refractivity contribution in [2.75, 3.05) is 24.4 Å². The summed E-state index contributed by atoms with van der Waals surface area (Å²) in [5, 5.41) is 6.27. The lowest BCUT2D eigenvalue weighted by Crippen LogP contribution is -2.14. The highest BCUT2D eigenvalue weighted by atomic mass is 16.5. The van der Waals surface area contributed by atoms with Crippen molar-refractivity contribution in [3.05, 3.63) is 77.4 Å². The number of cyclic esters (lactones) is 1. The Bertz CT molecular complexity index is 1430. The van der Waals surface area contributed by atoms with Gasteiger partial charge < -0.3 is 25.1 Å². The molecule has 1 saturated heterocycles. The summed E-state index contributed by atoms with van der Waals surface area (Å²) in [6.07, 6.45) is 2.36. The SMILES string of the molecule is COc1cc(CC(=O)Nc2ccc(C3CCCOC(=O)C3)cc2)cc2[nH]c(Nc3ccccc3C)nc12. The highest BCUT2D eigenvalue weighted by Crippen LogP contribution is 2.30. The van der Waals surface area contributed by atoms with Gasteiger partial charge in [0.15, 0.2) is 0 Å². The molecule has 1 fully saturated rings. The molecule has 1 aliphatic rings. The van der Waals surface area contributed by atoms with E-state index in [0.29, 0.717) is 35.9 Å². The lowest BCUT2D eigenvalue weighted by molar-refractivity contribution is -0.142. The number of carbonyl (C=O) groups excluding carboxylic acids is 2. The highest BCUT2D eigenvalue weighted by molar-refractivity contribution is 5.93. The topological polar surface area (TPSA) is 105 Å². The van der Waals surface area contributed by atoms with E-state index in [9.17, 15) is 9.59 Å². The smallest absolute Gasteiger partial charge is 0.306 e. The van der Waals surface area contributed by atoms with Crippen LogP contribution in [0.1, 0.15) is 41.9 Å². The third-order valence-electron chi connectivity index (χ3n) is 6.63. The molecule has 1 unspecified atom stereocenters. The monoisotopic (exact) mass is 498 g/mol. The van der Waals surface area contributed by atoms with Crippen molar-refractivity contribution in [1.82, 2.24) is 9.97 Å². The van der Waals surface area contributed by atoms with Crippen LogP contribution in [0.2, 0.25) is 0 Å². The lowest BCUT2D eigenvalue weighted by atomic mass is 9.92. The number of nitrogens with one attached hydrogen (secondary N) is 3. The molecule has 0 spiro atoms. The van der Waals surface area contributed by atoms with Crippen molar-refractivity contribution in [2.45, 2.75) is 38.5 Å². The van der Waals surface area contributed by atoms with Gasteiger partial charge in [-0.1, -0.05) is 30.3 Å². The Kier molecular flexibility index (Phi) is 7.07. The van der Waals surface area contributed by atoms with E-state index in [4.69, 9.17) is 9.47 Å². The summed E-state index contributed by atoms with van der Waals surface area (Å²) in [5.41, 5.74) is 6.15. The maximum Gasteiger partial charge on any atom is 0.306 e. The fraction of sp³-hybridized carbons (Fsp3) is 0.276. The number of imidazole rings is 1. The van der Waals surface area contributed by atoms with Gasteiger partial charge in [-0.3, -0.25) is 9.59 Å². The summed E-state index contributed by atoms with van der Waals surface area (Å²) in [7, 11) is 1.59. The number of amides is 1. The van der Waals surface area contributed by atoms with Gasteiger partial charge in [0.25, 0.3) is 0 Å². The Hall–Kier alpha value is -4.33. The van der Waals surface area contributed by atoms with Gasteiger partial charge in [0.05, 0.1) is 32.1 Å². The molecular weight excluding hydrogens is 468 g/mol. The average Bonchev–Trinajstić information content (AvgIpc) is 3.16. The van der Waals surface area contributed by atoms with Gasteiger partial charge >= 0.3 is 5.97 Å². The van der Waals surface area contributed by atoms with Crippen molar-refractivity contribution in [2.24, 2.45) is 0 Å². The number of anilines is 3. The van der Waals surface area contributed by atoms with E-state index in [1.165, 1.54) is 0 Å². The lowest BCUT2D eigenvalue weighted by Gasteiger charge is -2.13. The molecule has 3 N–H and O–H groups in total. The second kappa shape index (κ2) is 10.7. The number of aryl methyl sites for hydroxylation is 1. The minimum absolute atomic E-state index is 0.134. The number of ether oxygens (including phenoxy) is 2. The number of hydrogen-bond donors (Lipinski definition) is 3. The largest absolute Gasteiger partial charge is 0.494 e. The number of benzene rings is 3. The Morgan fingerprint density at radius 1 is 1.16 bits per heavy atom. The number of aromatic nitrogens is 2. The quantitative estimate of drug-likeness (QED) is 0.286. The molecule has 1 aliphatic heterocycles. The first kappa shape index (κ1) is 24.4. The number of esters is 1. The highest BCUT2D eigenvalue weighted by Gasteiger charge is 2.20. The van der Waals surface area contributed by atoms with Gasteiger partial charge in [-0.2, -0.15) is 0 Å². The van der Waals surface area contributed by atoms with Gasteiger partial charge in [-0.05, 0) is 72.7 Å². The number of carbonyl (C=O) groups is 2. The molecule has 1 aromatic heterocycles. The zero-order chi connectivity index (χ0) is 25.8. The van der Waals surface area contributed by atoms with E-state index >= 15 is 0 Å².